The summed E-state index contributed by atoms with van der Waals surface area (Å²) in [5.74, 6) is 0.135. The van der Waals surface area contributed by atoms with E-state index in [1.54, 1.807) is 35.2 Å². The van der Waals surface area contributed by atoms with Crippen molar-refractivity contribution < 1.29 is 17.9 Å². The van der Waals surface area contributed by atoms with E-state index in [0.29, 0.717) is 24.5 Å². The van der Waals surface area contributed by atoms with Gasteiger partial charge in [-0.2, -0.15) is 0 Å². The second kappa shape index (κ2) is 8.90. The molecule has 27 heavy (non-hydrogen) atoms. The molecule has 0 saturated heterocycles. The molecule has 0 aliphatic heterocycles. The predicted molar refractivity (Wildman–Crippen MR) is 107 cm³/mol. The van der Waals surface area contributed by atoms with Gasteiger partial charge in [0, 0.05) is 13.1 Å². The van der Waals surface area contributed by atoms with Crippen molar-refractivity contribution in [1.82, 2.24) is 4.90 Å². The van der Waals surface area contributed by atoms with E-state index < -0.39 is 10.0 Å². The van der Waals surface area contributed by atoms with Crippen molar-refractivity contribution in [3.8, 4) is 5.75 Å². The van der Waals surface area contributed by atoms with Gasteiger partial charge in [-0.3, -0.25) is 9.10 Å². The third-order valence-corrected chi connectivity index (χ3v) is 6.10. The molecule has 0 N–H and O–H groups in total. The standard InChI is InChI=1S/C20H26N2O4S/c1-5-21(6-2)20(23)15-22(18-14-16(3)12-13-19(18)26-4)27(24,25)17-10-8-7-9-11-17/h7-14H,5-6,15H2,1-4H3. The number of amides is 1. The Bertz CT molecular complexity index is 878. The van der Waals surface area contributed by atoms with Crippen molar-refractivity contribution >= 4 is 21.6 Å². The monoisotopic (exact) mass is 390 g/mol. The lowest BCUT2D eigenvalue weighted by Gasteiger charge is -2.28. The molecule has 6 nitrogen and oxygen atoms in total. The summed E-state index contributed by atoms with van der Waals surface area (Å²) in [4.78, 5) is 14.5. The topological polar surface area (TPSA) is 66.9 Å². The number of carbonyl (C=O) groups excluding carboxylic acids is 1. The highest BCUT2D eigenvalue weighted by Crippen LogP contribution is 2.33. The number of rotatable bonds is 8. The molecule has 2 aromatic rings. The smallest absolute Gasteiger partial charge is 0.264 e. The zero-order chi connectivity index (χ0) is 20.0. The summed E-state index contributed by atoms with van der Waals surface area (Å²) in [6.45, 7) is 6.33. The van der Waals surface area contributed by atoms with Gasteiger partial charge in [0.15, 0.2) is 0 Å². The number of hydrogen-bond donors (Lipinski definition) is 0. The van der Waals surface area contributed by atoms with E-state index in [4.69, 9.17) is 4.74 Å². The van der Waals surface area contributed by atoms with Crippen molar-refractivity contribution in [2.75, 3.05) is 31.0 Å². The van der Waals surface area contributed by atoms with Crippen LogP contribution >= 0.6 is 0 Å². The first-order chi connectivity index (χ1) is 12.8. The van der Waals surface area contributed by atoms with E-state index in [2.05, 4.69) is 0 Å². The normalized spacial score (nSPS) is 11.1. The molecule has 2 aromatic carbocycles. The van der Waals surface area contributed by atoms with Gasteiger partial charge in [-0.15, -0.1) is 0 Å². The average Bonchev–Trinajstić information content (AvgIpc) is 2.67. The summed E-state index contributed by atoms with van der Waals surface area (Å²) in [6.07, 6.45) is 0. The molecule has 0 saturated carbocycles. The van der Waals surface area contributed by atoms with Gasteiger partial charge in [-0.05, 0) is 50.6 Å². The fourth-order valence-electron chi connectivity index (χ4n) is 2.81. The predicted octanol–water partition coefficient (Wildman–Crippen LogP) is 3.07. The maximum Gasteiger partial charge on any atom is 0.264 e. The highest BCUT2D eigenvalue weighted by molar-refractivity contribution is 7.92. The quantitative estimate of drug-likeness (QED) is 0.695. The fraction of sp³-hybridized carbons (Fsp3) is 0.350. The first kappa shape index (κ1) is 20.8. The molecule has 7 heteroatoms. The number of benzene rings is 2. The summed E-state index contributed by atoms with van der Waals surface area (Å²) in [7, 11) is -2.46. The van der Waals surface area contributed by atoms with Crippen LogP contribution in [0.5, 0.6) is 5.75 Å². The summed E-state index contributed by atoms with van der Waals surface area (Å²) in [5.41, 5.74) is 1.22. The minimum Gasteiger partial charge on any atom is -0.495 e. The Hall–Kier alpha value is -2.54. The van der Waals surface area contributed by atoms with Gasteiger partial charge in [-0.25, -0.2) is 8.42 Å². The van der Waals surface area contributed by atoms with Crippen LogP contribution in [0.1, 0.15) is 19.4 Å². The van der Waals surface area contributed by atoms with Gasteiger partial charge in [0.05, 0.1) is 17.7 Å². The third kappa shape index (κ3) is 4.60. The molecule has 0 radical (unpaired) electrons. The molecule has 0 aromatic heterocycles. The zero-order valence-corrected chi connectivity index (χ0v) is 17.0. The van der Waals surface area contributed by atoms with Crippen molar-refractivity contribution in [3.05, 3.63) is 54.1 Å². The molecule has 146 valence electrons. The summed E-state index contributed by atoms with van der Waals surface area (Å²) < 4.78 is 33.2. The Morgan fingerprint density at radius 1 is 1.04 bits per heavy atom. The Kier molecular flexibility index (Phi) is 6.85. The number of sulfonamides is 1. The summed E-state index contributed by atoms with van der Waals surface area (Å²) >= 11 is 0. The van der Waals surface area contributed by atoms with Gasteiger partial charge < -0.3 is 9.64 Å². The highest BCUT2D eigenvalue weighted by Gasteiger charge is 2.30. The lowest BCUT2D eigenvalue weighted by Crippen LogP contribution is -2.43. The van der Waals surface area contributed by atoms with Gasteiger partial charge in [-0.1, -0.05) is 24.3 Å². The molecule has 1 amide bonds. The number of ether oxygens (including phenoxy) is 1. The number of likely N-dealkylation sites (N-methyl/N-ethyl adjacent to an activating group) is 1. The molecule has 0 aliphatic rings. The van der Waals surface area contributed by atoms with Crippen LogP contribution < -0.4 is 9.04 Å². The van der Waals surface area contributed by atoms with Crippen LogP contribution in [-0.4, -0.2) is 46.0 Å². The van der Waals surface area contributed by atoms with E-state index in [9.17, 15) is 13.2 Å². The van der Waals surface area contributed by atoms with Gasteiger partial charge in [0.2, 0.25) is 5.91 Å². The van der Waals surface area contributed by atoms with E-state index in [1.807, 2.05) is 26.8 Å². The van der Waals surface area contributed by atoms with E-state index in [0.717, 1.165) is 9.87 Å². The number of hydrogen-bond acceptors (Lipinski definition) is 4. The van der Waals surface area contributed by atoms with Crippen LogP contribution in [0.25, 0.3) is 0 Å². The lowest BCUT2D eigenvalue weighted by atomic mass is 10.2. The summed E-state index contributed by atoms with van der Waals surface area (Å²) in [5, 5.41) is 0. The SMILES string of the molecule is CCN(CC)C(=O)CN(c1cc(C)ccc1OC)S(=O)(=O)c1ccccc1. The number of methoxy groups -OCH3 is 1. The van der Waals surface area contributed by atoms with Crippen LogP contribution in [0.3, 0.4) is 0 Å². The van der Waals surface area contributed by atoms with Crippen molar-refractivity contribution in [3.63, 3.8) is 0 Å². The van der Waals surface area contributed by atoms with E-state index in [1.165, 1.54) is 19.2 Å². The molecule has 0 spiro atoms. The van der Waals surface area contributed by atoms with E-state index >= 15 is 0 Å². The Morgan fingerprint density at radius 2 is 1.67 bits per heavy atom. The van der Waals surface area contributed by atoms with Crippen molar-refractivity contribution in [2.24, 2.45) is 0 Å². The highest BCUT2D eigenvalue weighted by atomic mass is 32.2. The molecule has 0 bridgehead atoms. The molecule has 0 unspecified atom stereocenters. The van der Waals surface area contributed by atoms with Gasteiger partial charge >= 0.3 is 0 Å². The first-order valence-electron chi connectivity index (χ1n) is 8.85. The molecular formula is C20H26N2O4S. The number of carbonyl (C=O) groups is 1. The van der Waals surface area contributed by atoms with Crippen LogP contribution in [0, 0.1) is 6.92 Å². The van der Waals surface area contributed by atoms with E-state index in [-0.39, 0.29) is 17.3 Å². The molecule has 0 heterocycles. The minimum atomic E-state index is -3.94. The molecule has 0 atom stereocenters. The second-order valence-corrected chi connectivity index (χ2v) is 7.93. The zero-order valence-electron chi connectivity index (χ0n) is 16.2. The minimum absolute atomic E-state index is 0.126. The van der Waals surface area contributed by atoms with Gasteiger partial charge in [0.1, 0.15) is 12.3 Å². The average molecular weight is 391 g/mol. The maximum atomic E-state index is 13.3. The van der Waals surface area contributed by atoms with Gasteiger partial charge in [0.25, 0.3) is 10.0 Å². The second-order valence-electron chi connectivity index (χ2n) is 6.07. The van der Waals surface area contributed by atoms with Crippen LogP contribution in [0.2, 0.25) is 0 Å². The Labute approximate surface area is 161 Å². The van der Waals surface area contributed by atoms with Crippen molar-refractivity contribution in [1.29, 1.82) is 0 Å². The third-order valence-electron chi connectivity index (χ3n) is 4.33. The van der Waals surface area contributed by atoms with Crippen molar-refractivity contribution in [2.45, 2.75) is 25.7 Å². The summed E-state index contributed by atoms with van der Waals surface area (Å²) in [6, 6.07) is 13.4. The Morgan fingerprint density at radius 3 is 2.22 bits per heavy atom. The number of nitrogens with zero attached hydrogens (tertiary/aromatic N) is 2. The van der Waals surface area contributed by atoms with Crippen LogP contribution in [-0.2, 0) is 14.8 Å². The fourth-order valence-corrected chi connectivity index (χ4v) is 4.25. The molecular weight excluding hydrogens is 364 g/mol. The molecule has 2 rings (SSSR count). The van der Waals surface area contributed by atoms with Crippen LogP contribution in [0.15, 0.2) is 53.4 Å². The molecule has 0 fully saturated rings. The molecule has 0 aliphatic carbocycles. The Balaban J connectivity index is 2.59. The number of anilines is 1. The maximum absolute atomic E-state index is 13.3. The van der Waals surface area contributed by atoms with Crippen LogP contribution in [0.4, 0.5) is 5.69 Å². The lowest BCUT2D eigenvalue weighted by molar-refractivity contribution is -0.129. The first-order valence-corrected chi connectivity index (χ1v) is 10.3. The largest absolute Gasteiger partial charge is 0.495 e. The number of aryl methyl sites for hydroxylation is 1.